The van der Waals surface area contributed by atoms with Crippen molar-refractivity contribution in [2.75, 3.05) is 13.2 Å². The zero-order valence-electron chi connectivity index (χ0n) is 10.1. The van der Waals surface area contributed by atoms with Crippen LogP contribution in [0.5, 0.6) is 0 Å². The highest BCUT2D eigenvalue weighted by Gasteiger charge is 2.49. The van der Waals surface area contributed by atoms with Gasteiger partial charge in [-0.3, -0.25) is 0 Å². The molecule has 8 atom stereocenters. The minimum Gasteiger partial charge on any atom is -0.394 e. The summed E-state index contributed by atoms with van der Waals surface area (Å²) in [7, 11) is 0. The van der Waals surface area contributed by atoms with E-state index in [1.54, 1.807) is 0 Å². The standard InChI is InChI=1S/C10H19NO8/c11-1-3-5(13)6(14)10(18-3)19-8-4(2-12)17-9(16)7(8)15/h3-10,12-16H,1-2,11H2/t3-,4-,5-,6+,7+,8-,9+,10-/m1/s1. The van der Waals surface area contributed by atoms with Crippen molar-refractivity contribution in [1.82, 2.24) is 0 Å². The molecule has 0 amide bonds. The molecule has 19 heavy (non-hydrogen) atoms. The molecule has 0 aromatic heterocycles. The van der Waals surface area contributed by atoms with E-state index in [4.69, 9.17) is 25.1 Å². The average Bonchev–Trinajstić information content (AvgIpc) is 2.83. The lowest BCUT2D eigenvalue weighted by Crippen LogP contribution is -2.43. The number of aliphatic hydroxyl groups excluding tert-OH is 5. The van der Waals surface area contributed by atoms with Crippen LogP contribution in [-0.2, 0) is 14.2 Å². The third-order valence-electron chi connectivity index (χ3n) is 3.33. The fourth-order valence-electron chi connectivity index (χ4n) is 2.21. The monoisotopic (exact) mass is 281 g/mol. The molecular formula is C10H19NO8. The molecule has 0 unspecified atom stereocenters. The molecule has 2 saturated heterocycles. The van der Waals surface area contributed by atoms with E-state index in [1.807, 2.05) is 0 Å². The van der Waals surface area contributed by atoms with E-state index in [-0.39, 0.29) is 6.54 Å². The van der Waals surface area contributed by atoms with Crippen molar-refractivity contribution in [1.29, 1.82) is 0 Å². The Balaban J connectivity index is 2.00. The SMILES string of the molecule is NC[C@H]1O[C@H](O[C@H]2[C@H](O)[C@@H](O)O[C@@H]2CO)[C@@H](O)[C@@H]1O. The summed E-state index contributed by atoms with van der Waals surface area (Å²) in [5.41, 5.74) is 5.35. The second kappa shape index (κ2) is 5.95. The molecule has 2 heterocycles. The maximum atomic E-state index is 9.73. The molecule has 0 spiro atoms. The van der Waals surface area contributed by atoms with Gasteiger partial charge in [-0.25, -0.2) is 0 Å². The second-order valence-corrected chi connectivity index (χ2v) is 4.60. The van der Waals surface area contributed by atoms with Gasteiger partial charge in [0.1, 0.15) is 36.6 Å². The Labute approximate surface area is 109 Å². The summed E-state index contributed by atoms with van der Waals surface area (Å²) in [5.74, 6) is 0. The van der Waals surface area contributed by atoms with Gasteiger partial charge in [0, 0.05) is 6.54 Å². The van der Waals surface area contributed by atoms with Gasteiger partial charge < -0.3 is 45.5 Å². The Bertz CT molecular complexity index is 305. The van der Waals surface area contributed by atoms with Gasteiger partial charge in [-0.15, -0.1) is 0 Å². The molecule has 2 aliphatic heterocycles. The maximum absolute atomic E-state index is 9.73. The summed E-state index contributed by atoms with van der Waals surface area (Å²) >= 11 is 0. The van der Waals surface area contributed by atoms with Crippen LogP contribution in [0.1, 0.15) is 0 Å². The van der Waals surface area contributed by atoms with Crippen molar-refractivity contribution in [3.8, 4) is 0 Å². The van der Waals surface area contributed by atoms with Crippen LogP contribution in [0, 0.1) is 0 Å². The quantitative estimate of drug-likeness (QED) is 0.301. The van der Waals surface area contributed by atoms with Crippen LogP contribution in [0.15, 0.2) is 0 Å². The van der Waals surface area contributed by atoms with Gasteiger partial charge in [0.15, 0.2) is 12.6 Å². The van der Waals surface area contributed by atoms with Gasteiger partial charge in [0.05, 0.1) is 6.61 Å². The third kappa shape index (κ3) is 2.75. The normalized spacial score (nSPS) is 50.8. The summed E-state index contributed by atoms with van der Waals surface area (Å²) in [4.78, 5) is 0. The van der Waals surface area contributed by atoms with Crippen molar-refractivity contribution in [2.45, 2.75) is 49.2 Å². The lowest BCUT2D eigenvalue weighted by Gasteiger charge is -2.24. The molecule has 112 valence electrons. The summed E-state index contributed by atoms with van der Waals surface area (Å²) < 4.78 is 15.4. The first-order valence-electron chi connectivity index (χ1n) is 5.99. The average molecular weight is 281 g/mol. The lowest BCUT2D eigenvalue weighted by molar-refractivity contribution is -0.212. The Morgan fingerprint density at radius 3 is 2.16 bits per heavy atom. The summed E-state index contributed by atoms with van der Waals surface area (Å²) in [6.45, 7) is -0.488. The van der Waals surface area contributed by atoms with Crippen LogP contribution < -0.4 is 5.73 Å². The van der Waals surface area contributed by atoms with Crippen LogP contribution >= 0.6 is 0 Å². The smallest absolute Gasteiger partial charge is 0.187 e. The van der Waals surface area contributed by atoms with Gasteiger partial charge in [0.2, 0.25) is 0 Å². The lowest BCUT2D eigenvalue weighted by atomic mass is 10.1. The Kier molecular flexibility index (Phi) is 4.71. The second-order valence-electron chi connectivity index (χ2n) is 4.60. The van der Waals surface area contributed by atoms with E-state index in [1.165, 1.54) is 0 Å². The van der Waals surface area contributed by atoms with E-state index in [2.05, 4.69) is 0 Å². The van der Waals surface area contributed by atoms with Gasteiger partial charge in [-0.1, -0.05) is 0 Å². The molecule has 0 bridgehead atoms. The molecule has 0 saturated carbocycles. The Morgan fingerprint density at radius 1 is 0.947 bits per heavy atom. The number of aliphatic hydroxyl groups is 5. The highest BCUT2D eigenvalue weighted by Crippen LogP contribution is 2.28. The third-order valence-corrected chi connectivity index (χ3v) is 3.33. The first-order valence-corrected chi connectivity index (χ1v) is 5.99. The van der Waals surface area contributed by atoms with Crippen molar-refractivity contribution < 1.29 is 39.7 Å². The molecule has 0 radical (unpaired) electrons. The molecule has 0 aromatic rings. The first kappa shape index (κ1) is 15.0. The Hall–Kier alpha value is -0.360. The minimum absolute atomic E-state index is 0.00609. The molecule has 0 aliphatic carbocycles. The highest BCUT2D eigenvalue weighted by molar-refractivity contribution is 4.92. The summed E-state index contributed by atoms with van der Waals surface area (Å²) in [5, 5.41) is 47.4. The molecule has 9 heteroatoms. The van der Waals surface area contributed by atoms with Crippen molar-refractivity contribution >= 4 is 0 Å². The van der Waals surface area contributed by atoms with E-state index >= 15 is 0 Å². The van der Waals surface area contributed by atoms with Gasteiger partial charge in [-0.05, 0) is 0 Å². The molecule has 2 fully saturated rings. The zero-order valence-corrected chi connectivity index (χ0v) is 10.1. The van der Waals surface area contributed by atoms with Crippen LogP contribution in [0.2, 0.25) is 0 Å². The van der Waals surface area contributed by atoms with Crippen molar-refractivity contribution in [2.24, 2.45) is 5.73 Å². The van der Waals surface area contributed by atoms with Crippen LogP contribution in [0.3, 0.4) is 0 Å². The van der Waals surface area contributed by atoms with Gasteiger partial charge in [-0.2, -0.15) is 0 Å². The van der Waals surface area contributed by atoms with Crippen LogP contribution in [-0.4, -0.2) is 87.9 Å². The molecule has 2 rings (SSSR count). The van der Waals surface area contributed by atoms with Crippen molar-refractivity contribution in [3.63, 3.8) is 0 Å². The largest absolute Gasteiger partial charge is 0.394 e. The zero-order chi connectivity index (χ0) is 14.2. The van der Waals surface area contributed by atoms with E-state index in [0.717, 1.165) is 0 Å². The predicted octanol–water partition coefficient (Wildman–Crippen LogP) is -4.15. The van der Waals surface area contributed by atoms with Crippen molar-refractivity contribution in [3.05, 3.63) is 0 Å². The predicted molar refractivity (Wildman–Crippen MR) is 58.6 cm³/mol. The molecule has 7 N–H and O–H groups in total. The van der Waals surface area contributed by atoms with Crippen LogP contribution in [0.25, 0.3) is 0 Å². The van der Waals surface area contributed by atoms with E-state index in [9.17, 15) is 20.4 Å². The number of rotatable bonds is 4. The molecule has 0 aromatic carbocycles. The maximum Gasteiger partial charge on any atom is 0.187 e. The molecule has 2 aliphatic rings. The minimum atomic E-state index is -1.49. The number of hydrogen-bond donors (Lipinski definition) is 6. The van der Waals surface area contributed by atoms with Crippen LogP contribution in [0.4, 0.5) is 0 Å². The molecule has 9 nitrogen and oxygen atoms in total. The molecular weight excluding hydrogens is 262 g/mol. The summed E-state index contributed by atoms with van der Waals surface area (Å²) in [6.07, 6.45) is -9.44. The highest BCUT2D eigenvalue weighted by atomic mass is 16.7. The fourth-order valence-corrected chi connectivity index (χ4v) is 2.21. The van der Waals surface area contributed by atoms with Gasteiger partial charge in [0.25, 0.3) is 0 Å². The number of nitrogens with two attached hydrogens (primary N) is 1. The summed E-state index contributed by atoms with van der Waals surface area (Å²) in [6, 6.07) is 0. The number of ether oxygens (including phenoxy) is 3. The van der Waals surface area contributed by atoms with E-state index < -0.39 is 55.8 Å². The van der Waals surface area contributed by atoms with E-state index in [0.29, 0.717) is 0 Å². The van der Waals surface area contributed by atoms with Gasteiger partial charge >= 0.3 is 0 Å². The topological polar surface area (TPSA) is 155 Å². The Morgan fingerprint density at radius 2 is 1.63 bits per heavy atom. The fraction of sp³-hybridized carbons (Fsp3) is 1.00. The number of hydrogen-bond acceptors (Lipinski definition) is 9. The first-order chi connectivity index (χ1) is 8.99.